The molecule has 0 radical (unpaired) electrons. The number of fused-ring (bicyclic) bond motifs is 1. The van der Waals surface area contributed by atoms with Gasteiger partial charge in [-0.15, -0.1) is 0 Å². The molecule has 0 spiro atoms. The van der Waals surface area contributed by atoms with Crippen molar-refractivity contribution in [3.05, 3.63) is 24.4 Å². The molecule has 2 heterocycles. The zero-order chi connectivity index (χ0) is 12.5. The number of anilines is 1. The Kier molecular flexibility index (Phi) is 2.40. The SMILES string of the molecule is COc1cc2c(cc1-c1ccnc(N)n1)OCO2. The third kappa shape index (κ3) is 1.67. The summed E-state index contributed by atoms with van der Waals surface area (Å²) in [6, 6.07) is 5.36. The third-order valence-electron chi connectivity index (χ3n) is 2.64. The molecule has 18 heavy (non-hydrogen) atoms. The maximum atomic E-state index is 5.58. The summed E-state index contributed by atoms with van der Waals surface area (Å²) in [5.41, 5.74) is 7.05. The van der Waals surface area contributed by atoms with Crippen LogP contribution in [-0.4, -0.2) is 23.9 Å². The molecule has 92 valence electrons. The second kappa shape index (κ2) is 4.06. The first kappa shape index (κ1) is 10.6. The van der Waals surface area contributed by atoms with E-state index in [2.05, 4.69) is 9.97 Å². The van der Waals surface area contributed by atoms with Crippen LogP contribution in [0, 0.1) is 0 Å². The Hall–Kier alpha value is -2.50. The zero-order valence-corrected chi connectivity index (χ0v) is 9.71. The largest absolute Gasteiger partial charge is 0.496 e. The molecule has 3 rings (SSSR count). The van der Waals surface area contributed by atoms with Crippen LogP contribution < -0.4 is 19.9 Å². The first-order valence-corrected chi connectivity index (χ1v) is 5.34. The zero-order valence-electron chi connectivity index (χ0n) is 9.71. The van der Waals surface area contributed by atoms with Gasteiger partial charge in [0.05, 0.1) is 12.8 Å². The second-order valence-corrected chi connectivity index (χ2v) is 3.71. The summed E-state index contributed by atoms with van der Waals surface area (Å²) < 4.78 is 16.0. The summed E-state index contributed by atoms with van der Waals surface area (Å²) in [5, 5.41) is 0. The summed E-state index contributed by atoms with van der Waals surface area (Å²) in [5.74, 6) is 2.20. The molecule has 1 aromatic heterocycles. The maximum absolute atomic E-state index is 5.58. The lowest BCUT2D eigenvalue weighted by molar-refractivity contribution is 0.174. The number of nitrogens with zero attached hydrogens (tertiary/aromatic N) is 2. The lowest BCUT2D eigenvalue weighted by Crippen LogP contribution is -1.96. The third-order valence-corrected chi connectivity index (χ3v) is 2.64. The maximum Gasteiger partial charge on any atom is 0.231 e. The van der Waals surface area contributed by atoms with Crippen LogP contribution in [-0.2, 0) is 0 Å². The van der Waals surface area contributed by atoms with Gasteiger partial charge < -0.3 is 19.9 Å². The van der Waals surface area contributed by atoms with Crippen LogP contribution in [0.3, 0.4) is 0 Å². The van der Waals surface area contributed by atoms with Crippen molar-refractivity contribution in [3.63, 3.8) is 0 Å². The van der Waals surface area contributed by atoms with Gasteiger partial charge in [0.2, 0.25) is 12.7 Å². The molecule has 0 aliphatic carbocycles. The van der Waals surface area contributed by atoms with Crippen LogP contribution in [0.5, 0.6) is 17.2 Å². The van der Waals surface area contributed by atoms with Gasteiger partial charge in [-0.1, -0.05) is 0 Å². The molecule has 0 saturated carbocycles. The molecule has 0 unspecified atom stereocenters. The van der Waals surface area contributed by atoms with Crippen molar-refractivity contribution in [2.45, 2.75) is 0 Å². The number of methoxy groups -OCH3 is 1. The number of rotatable bonds is 2. The number of ether oxygens (including phenoxy) is 3. The van der Waals surface area contributed by atoms with Gasteiger partial charge in [0, 0.05) is 17.8 Å². The highest BCUT2D eigenvalue weighted by Crippen LogP contribution is 2.41. The van der Waals surface area contributed by atoms with E-state index in [1.54, 1.807) is 25.4 Å². The molecule has 2 aromatic rings. The Morgan fingerprint density at radius 3 is 2.78 bits per heavy atom. The number of benzene rings is 1. The van der Waals surface area contributed by atoms with Gasteiger partial charge in [-0.25, -0.2) is 9.97 Å². The van der Waals surface area contributed by atoms with Crippen molar-refractivity contribution in [2.24, 2.45) is 0 Å². The smallest absolute Gasteiger partial charge is 0.231 e. The van der Waals surface area contributed by atoms with E-state index in [9.17, 15) is 0 Å². The summed E-state index contributed by atoms with van der Waals surface area (Å²) in [6.07, 6.45) is 1.60. The molecule has 0 bridgehead atoms. The fraction of sp³-hybridized carbons (Fsp3) is 0.167. The molecular formula is C12H11N3O3. The molecule has 2 N–H and O–H groups in total. The monoisotopic (exact) mass is 245 g/mol. The molecule has 6 nitrogen and oxygen atoms in total. The summed E-state index contributed by atoms with van der Waals surface area (Å²) >= 11 is 0. The van der Waals surface area contributed by atoms with Crippen LogP contribution in [0.15, 0.2) is 24.4 Å². The Balaban J connectivity index is 2.16. The number of nitrogens with two attached hydrogens (primary N) is 1. The number of nitrogen functional groups attached to an aromatic ring is 1. The minimum atomic E-state index is 0.215. The summed E-state index contributed by atoms with van der Waals surface area (Å²) in [6.45, 7) is 0.216. The average molecular weight is 245 g/mol. The van der Waals surface area contributed by atoms with Gasteiger partial charge >= 0.3 is 0 Å². The molecule has 1 aromatic carbocycles. The van der Waals surface area contributed by atoms with Gasteiger partial charge in [0.25, 0.3) is 0 Å². The van der Waals surface area contributed by atoms with Crippen molar-refractivity contribution in [2.75, 3.05) is 19.6 Å². The molecule has 1 aliphatic heterocycles. The van der Waals surface area contributed by atoms with Crippen LogP contribution in [0.4, 0.5) is 5.95 Å². The molecule has 1 aliphatic rings. The van der Waals surface area contributed by atoms with E-state index in [4.69, 9.17) is 19.9 Å². The predicted octanol–water partition coefficient (Wildman–Crippen LogP) is 1.46. The second-order valence-electron chi connectivity index (χ2n) is 3.71. The summed E-state index contributed by atoms with van der Waals surface area (Å²) in [4.78, 5) is 8.03. The van der Waals surface area contributed by atoms with E-state index in [0.717, 1.165) is 5.56 Å². The minimum absolute atomic E-state index is 0.215. The van der Waals surface area contributed by atoms with Gasteiger partial charge in [0.1, 0.15) is 5.75 Å². The molecular weight excluding hydrogens is 234 g/mol. The Bertz CT molecular complexity index is 601. The lowest BCUT2D eigenvalue weighted by atomic mass is 10.1. The predicted molar refractivity (Wildman–Crippen MR) is 64.6 cm³/mol. The van der Waals surface area contributed by atoms with Gasteiger partial charge in [0.15, 0.2) is 11.5 Å². The normalized spacial score (nSPS) is 12.5. The van der Waals surface area contributed by atoms with E-state index in [-0.39, 0.29) is 12.7 Å². The van der Waals surface area contributed by atoms with Crippen LogP contribution >= 0.6 is 0 Å². The molecule has 0 amide bonds. The Morgan fingerprint density at radius 1 is 1.28 bits per heavy atom. The van der Waals surface area contributed by atoms with E-state index >= 15 is 0 Å². The standard InChI is InChI=1S/C12H11N3O3/c1-16-9-5-11-10(17-6-18-11)4-7(9)8-2-3-14-12(13)15-8/h2-5H,6H2,1H3,(H2,13,14,15). The van der Waals surface area contributed by atoms with Crippen molar-refractivity contribution >= 4 is 5.95 Å². The van der Waals surface area contributed by atoms with Crippen LogP contribution in [0.1, 0.15) is 0 Å². The van der Waals surface area contributed by atoms with Gasteiger partial charge in [-0.3, -0.25) is 0 Å². The molecule has 0 fully saturated rings. The highest BCUT2D eigenvalue weighted by Gasteiger charge is 2.19. The number of aromatic nitrogens is 2. The highest BCUT2D eigenvalue weighted by molar-refractivity contribution is 5.72. The van der Waals surface area contributed by atoms with Gasteiger partial charge in [-0.05, 0) is 12.1 Å². The minimum Gasteiger partial charge on any atom is -0.496 e. The molecule has 0 atom stereocenters. The van der Waals surface area contributed by atoms with E-state index < -0.39 is 0 Å². The Labute approximate surface area is 103 Å². The number of hydrogen-bond acceptors (Lipinski definition) is 6. The van der Waals surface area contributed by atoms with Crippen molar-refractivity contribution < 1.29 is 14.2 Å². The van der Waals surface area contributed by atoms with E-state index in [1.165, 1.54) is 0 Å². The first-order valence-electron chi connectivity index (χ1n) is 5.34. The van der Waals surface area contributed by atoms with Gasteiger partial charge in [-0.2, -0.15) is 0 Å². The first-order chi connectivity index (χ1) is 8.78. The van der Waals surface area contributed by atoms with Crippen molar-refractivity contribution in [1.82, 2.24) is 9.97 Å². The number of hydrogen-bond donors (Lipinski definition) is 1. The fourth-order valence-corrected chi connectivity index (χ4v) is 1.82. The molecule has 6 heteroatoms. The average Bonchev–Trinajstić information content (AvgIpc) is 2.84. The lowest BCUT2D eigenvalue weighted by Gasteiger charge is -2.09. The topological polar surface area (TPSA) is 79.5 Å². The van der Waals surface area contributed by atoms with E-state index in [1.807, 2.05) is 6.07 Å². The summed E-state index contributed by atoms with van der Waals surface area (Å²) in [7, 11) is 1.59. The fourth-order valence-electron chi connectivity index (χ4n) is 1.82. The van der Waals surface area contributed by atoms with Crippen molar-refractivity contribution in [1.29, 1.82) is 0 Å². The van der Waals surface area contributed by atoms with E-state index in [0.29, 0.717) is 22.9 Å². The van der Waals surface area contributed by atoms with Crippen LogP contribution in [0.25, 0.3) is 11.3 Å². The quantitative estimate of drug-likeness (QED) is 0.862. The highest BCUT2D eigenvalue weighted by atomic mass is 16.7. The van der Waals surface area contributed by atoms with Crippen molar-refractivity contribution in [3.8, 4) is 28.5 Å². The molecule has 0 saturated heterocycles. The Morgan fingerprint density at radius 2 is 2.06 bits per heavy atom. The van der Waals surface area contributed by atoms with Crippen LogP contribution in [0.2, 0.25) is 0 Å².